The predicted molar refractivity (Wildman–Crippen MR) is 64.4 cm³/mol. The number of hydrogen-bond acceptors (Lipinski definition) is 1. The topological polar surface area (TPSA) is 20.2 Å². The molecule has 0 aliphatic carbocycles. The second-order valence-electron chi connectivity index (χ2n) is 4.34. The number of rotatable bonds is 4. The van der Waals surface area contributed by atoms with Crippen LogP contribution in [0.1, 0.15) is 17.5 Å². The molecule has 0 aromatic heterocycles. The van der Waals surface area contributed by atoms with E-state index in [1.165, 1.54) is 11.1 Å². The first kappa shape index (κ1) is 11.5. The van der Waals surface area contributed by atoms with Gasteiger partial charge in [-0.3, -0.25) is 0 Å². The van der Waals surface area contributed by atoms with E-state index in [1.54, 1.807) is 0 Å². The summed E-state index contributed by atoms with van der Waals surface area (Å²) in [7, 11) is -0.860. The number of aliphatic hydroxyl groups is 1. The molecule has 0 saturated carbocycles. The zero-order valence-corrected chi connectivity index (χ0v) is 10.5. The first-order valence-corrected chi connectivity index (χ1v) is 8.31. The second-order valence-corrected chi connectivity index (χ2v) is 7.59. The molecule has 14 heavy (non-hydrogen) atoms. The van der Waals surface area contributed by atoms with Crippen LogP contribution in [-0.4, -0.2) is 19.6 Å². The number of aliphatic hydroxyl groups excluding tert-OH is 1. The largest absolute Gasteiger partial charge is 0.397 e. The van der Waals surface area contributed by atoms with E-state index in [4.69, 9.17) is 0 Å². The number of hydrogen-bond donors (Lipinski definition) is 1. The highest BCUT2D eigenvalue weighted by atomic mass is 28.3. The molecule has 1 N–H and O–H groups in total. The van der Waals surface area contributed by atoms with Gasteiger partial charge in [0.25, 0.3) is 0 Å². The Morgan fingerprint density at radius 2 is 1.79 bits per heavy atom. The lowest BCUT2D eigenvalue weighted by Gasteiger charge is -2.12. The summed E-state index contributed by atoms with van der Waals surface area (Å²) in [6.07, 6.45) is 1.93. The zero-order valence-electron chi connectivity index (χ0n) is 9.33. The Balaban J connectivity index is 2.42. The minimum absolute atomic E-state index is 0.0312. The van der Waals surface area contributed by atoms with Crippen molar-refractivity contribution >= 4 is 8.80 Å². The van der Waals surface area contributed by atoms with Crippen molar-refractivity contribution in [1.29, 1.82) is 0 Å². The van der Waals surface area contributed by atoms with Gasteiger partial charge in [-0.1, -0.05) is 42.9 Å². The van der Waals surface area contributed by atoms with E-state index >= 15 is 0 Å². The molecule has 0 spiro atoms. The van der Waals surface area contributed by atoms with Gasteiger partial charge >= 0.3 is 0 Å². The van der Waals surface area contributed by atoms with Crippen molar-refractivity contribution in [1.82, 2.24) is 0 Å². The lowest BCUT2D eigenvalue weighted by atomic mass is 10.1. The molecule has 0 aliphatic rings. The summed E-state index contributed by atoms with van der Waals surface area (Å²) in [6, 6.07) is 8.58. The van der Waals surface area contributed by atoms with Crippen LogP contribution in [0.5, 0.6) is 0 Å². The molecular weight excluding hydrogens is 188 g/mol. The van der Waals surface area contributed by atoms with Crippen LogP contribution in [0.25, 0.3) is 0 Å². The standard InChI is InChI=1S/C12H20OSi/c1-10-4-6-11(7-5-10)8-9-12(13)14(2)3/h4-7,12-14H,8-9H2,1-3H3. The van der Waals surface area contributed by atoms with Crippen LogP contribution in [-0.2, 0) is 6.42 Å². The van der Waals surface area contributed by atoms with Crippen molar-refractivity contribution in [3.63, 3.8) is 0 Å². The normalized spacial score (nSPS) is 13.2. The average molecular weight is 208 g/mol. The Morgan fingerprint density at radius 1 is 1.21 bits per heavy atom. The van der Waals surface area contributed by atoms with Crippen molar-refractivity contribution in [3.05, 3.63) is 35.4 Å². The van der Waals surface area contributed by atoms with Crippen molar-refractivity contribution < 1.29 is 5.11 Å². The molecule has 0 bridgehead atoms. The van der Waals surface area contributed by atoms with E-state index in [9.17, 15) is 5.11 Å². The summed E-state index contributed by atoms with van der Waals surface area (Å²) < 4.78 is 0. The lowest BCUT2D eigenvalue weighted by Crippen LogP contribution is -2.24. The molecule has 0 heterocycles. The summed E-state index contributed by atoms with van der Waals surface area (Å²) in [6.45, 7) is 6.49. The highest BCUT2D eigenvalue weighted by Crippen LogP contribution is 2.08. The third kappa shape index (κ3) is 3.64. The van der Waals surface area contributed by atoms with E-state index in [2.05, 4.69) is 44.3 Å². The fourth-order valence-corrected chi connectivity index (χ4v) is 2.24. The summed E-state index contributed by atoms with van der Waals surface area (Å²) in [5.41, 5.74) is 2.60. The molecule has 1 aromatic rings. The maximum Gasteiger partial charge on any atom is 0.0652 e. The van der Waals surface area contributed by atoms with Crippen molar-refractivity contribution in [2.45, 2.75) is 38.6 Å². The molecular formula is C12H20OSi. The second kappa shape index (κ2) is 5.32. The van der Waals surface area contributed by atoms with Gasteiger partial charge in [-0.05, 0) is 25.3 Å². The molecule has 0 saturated heterocycles. The van der Waals surface area contributed by atoms with Gasteiger partial charge in [0.1, 0.15) is 0 Å². The van der Waals surface area contributed by atoms with Gasteiger partial charge < -0.3 is 5.11 Å². The molecule has 0 radical (unpaired) electrons. The molecule has 0 aliphatic heterocycles. The Kier molecular flexibility index (Phi) is 4.36. The first-order chi connectivity index (χ1) is 6.59. The summed E-state index contributed by atoms with van der Waals surface area (Å²) >= 11 is 0. The SMILES string of the molecule is Cc1ccc(CCC(O)[SiH](C)C)cc1. The van der Waals surface area contributed by atoms with Gasteiger partial charge in [0.2, 0.25) is 0 Å². The van der Waals surface area contributed by atoms with Gasteiger partial charge in [-0.2, -0.15) is 0 Å². The van der Waals surface area contributed by atoms with Crippen LogP contribution >= 0.6 is 0 Å². The third-order valence-corrected chi connectivity index (χ3v) is 4.49. The third-order valence-electron chi connectivity index (χ3n) is 2.62. The highest BCUT2D eigenvalue weighted by molar-refractivity contribution is 6.57. The molecule has 2 heteroatoms. The molecule has 1 rings (SSSR count). The molecule has 1 unspecified atom stereocenters. The lowest BCUT2D eigenvalue weighted by molar-refractivity contribution is 0.238. The Hall–Kier alpha value is -0.603. The van der Waals surface area contributed by atoms with Crippen LogP contribution in [0, 0.1) is 6.92 Å². The average Bonchev–Trinajstić information content (AvgIpc) is 2.16. The molecule has 1 aromatic carbocycles. The van der Waals surface area contributed by atoms with E-state index in [-0.39, 0.29) is 5.73 Å². The summed E-state index contributed by atoms with van der Waals surface area (Å²) in [5.74, 6) is 0. The Bertz CT molecular complexity index is 266. The maximum atomic E-state index is 9.70. The maximum absolute atomic E-state index is 9.70. The fourth-order valence-electron chi connectivity index (χ4n) is 1.40. The Morgan fingerprint density at radius 3 is 2.29 bits per heavy atom. The predicted octanol–water partition coefficient (Wildman–Crippen LogP) is 2.31. The van der Waals surface area contributed by atoms with Crippen molar-refractivity contribution in [3.8, 4) is 0 Å². The fraction of sp³-hybridized carbons (Fsp3) is 0.500. The summed E-state index contributed by atoms with van der Waals surface area (Å²) in [5, 5.41) is 9.70. The Labute approximate surface area is 88.4 Å². The minimum atomic E-state index is -0.860. The van der Waals surface area contributed by atoms with Gasteiger partial charge in [0.05, 0.1) is 8.80 Å². The molecule has 0 amide bonds. The van der Waals surface area contributed by atoms with Gasteiger partial charge in [-0.25, -0.2) is 0 Å². The van der Waals surface area contributed by atoms with E-state index in [1.807, 2.05) is 0 Å². The molecule has 0 fully saturated rings. The van der Waals surface area contributed by atoms with Gasteiger partial charge in [-0.15, -0.1) is 0 Å². The highest BCUT2D eigenvalue weighted by Gasteiger charge is 2.09. The molecule has 1 nitrogen and oxygen atoms in total. The van der Waals surface area contributed by atoms with Crippen LogP contribution in [0.2, 0.25) is 13.1 Å². The van der Waals surface area contributed by atoms with E-state index in [0.717, 1.165) is 12.8 Å². The monoisotopic (exact) mass is 208 g/mol. The van der Waals surface area contributed by atoms with E-state index < -0.39 is 8.80 Å². The van der Waals surface area contributed by atoms with E-state index in [0.29, 0.717) is 0 Å². The quantitative estimate of drug-likeness (QED) is 0.753. The van der Waals surface area contributed by atoms with Crippen LogP contribution in [0.4, 0.5) is 0 Å². The number of aryl methyl sites for hydroxylation is 2. The smallest absolute Gasteiger partial charge is 0.0652 e. The first-order valence-electron chi connectivity index (χ1n) is 5.33. The molecule has 1 atom stereocenters. The summed E-state index contributed by atoms with van der Waals surface area (Å²) in [4.78, 5) is 0. The number of benzene rings is 1. The van der Waals surface area contributed by atoms with Crippen molar-refractivity contribution in [2.24, 2.45) is 0 Å². The van der Waals surface area contributed by atoms with Crippen LogP contribution in [0.3, 0.4) is 0 Å². The van der Waals surface area contributed by atoms with Gasteiger partial charge in [0, 0.05) is 5.73 Å². The zero-order chi connectivity index (χ0) is 10.6. The van der Waals surface area contributed by atoms with Gasteiger partial charge in [0.15, 0.2) is 0 Å². The molecule has 78 valence electrons. The minimum Gasteiger partial charge on any atom is -0.397 e. The van der Waals surface area contributed by atoms with Crippen LogP contribution < -0.4 is 0 Å². The van der Waals surface area contributed by atoms with Crippen LogP contribution in [0.15, 0.2) is 24.3 Å². The van der Waals surface area contributed by atoms with Crippen molar-refractivity contribution in [2.75, 3.05) is 0 Å².